The molecule has 0 bridgehead atoms. The molecule has 0 atom stereocenters. The second kappa shape index (κ2) is 7.57. The van der Waals surface area contributed by atoms with Gasteiger partial charge < -0.3 is 9.97 Å². The van der Waals surface area contributed by atoms with E-state index in [1.807, 2.05) is 0 Å². The van der Waals surface area contributed by atoms with Gasteiger partial charge in [0.15, 0.2) is 0 Å². The second-order valence-corrected chi connectivity index (χ2v) is 8.07. The van der Waals surface area contributed by atoms with Crippen LogP contribution in [0.2, 0.25) is 0 Å². The molecule has 168 valence electrons. The Morgan fingerprint density at radius 2 is 1.57 bits per heavy atom. The van der Waals surface area contributed by atoms with Crippen LogP contribution in [0.5, 0.6) is 0 Å². The minimum atomic E-state index is -0.763. The summed E-state index contributed by atoms with van der Waals surface area (Å²) in [4.78, 5) is 23.1. The van der Waals surface area contributed by atoms with Crippen LogP contribution < -0.4 is 5.56 Å². The molecule has 0 unspecified atom stereocenters. The lowest BCUT2D eigenvalue weighted by atomic mass is 9.96. The van der Waals surface area contributed by atoms with E-state index in [-0.39, 0.29) is 22.5 Å². The van der Waals surface area contributed by atoms with Crippen LogP contribution in [-0.2, 0) is 0 Å². The molecule has 0 spiro atoms. The zero-order chi connectivity index (χ0) is 24.3. The summed E-state index contributed by atoms with van der Waals surface area (Å²) in [5, 5.41) is 11.0. The normalized spacial score (nSPS) is 11.4. The van der Waals surface area contributed by atoms with E-state index >= 15 is 0 Å². The summed E-state index contributed by atoms with van der Waals surface area (Å²) in [7, 11) is 0. The molecule has 0 fully saturated rings. The number of nitriles is 1. The molecular weight excluding hydrogens is 453 g/mol. The van der Waals surface area contributed by atoms with E-state index in [1.54, 1.807) is 36.4 Å². The van der Waals surface area contributed by atoms with Gasteiger partial charge in [0.25, 0.3) is 5.56 Å². The molecule has 0 aliphatic rings. The number of aromatic amines is 2. The van der Waals surface area contributed by atoms with Crippen LogP contribution in [0, 0.1) is 28.8 Å². The summed E-state index contributed by atoms with van der Waals surface area (Å²) in [5.74, 6) is -2.17. The van der Waals surface area contributed by atoms with Gasteiger partial charge in [-0.2, -0.15) is 5.26 Å². The number of aromatic nitrogens is 3. The van der Waals surface area contributed by atoms with Crippen molar-refractivity contribution in [1.82, 2.24) is 15.0 Å². The molecule has 6 aromatic rings. The lowest BCUT2D eigenvalue weighted by molar-refractivity contribution is 0.588. The highest BCUT2D eigenvalue weighted by Crippen LogP contribution is 2.37. The molecule has 5 nitrogen and oxygen atoms in total. The Balaban J connectivity index is 1.70. The predicted molar refractivity (Wildman–Crippen MR) is 127 cm³/mol. The third kappa shape index (κ3) is 3.09. The van der Waals surface area contributed by atoms with Crippen LogP contribution in [-0.4, -0.2) is 15.0 Å². The molecule has 0 aliphatic heterocycles. The first-order valence-corrected chi connectivity index (χ1v) is 10.6. The fourth-order valence-corrected chi connectivity index (χ4v) is 4.48. The number of hydrogen-bond donors (Lipinski definition) is 2. The fraction of sp³-hybridized carbons (Fsp3) is 0. The van der Waals surface area contributed by atoms with Gasteiger partial charge >= 0.3 is 0 Å². The Kier molecular flexibility index (Phi) is 4.47. The topological polar surface area (TPSA) is 85.3 Å². The van der Waals surface area contributed by atoms with E-state index in [2.05, 4.69) is 15.0 Å². The maximum absolute atomic E-state index is 14.5. The van der Waals surface area contributed by atoms with E-state index in [4.69, 9.17) is 5.26 Å². The number of rotatable bonds is 2. The predicted octanol–water partition coefficient (Wildman–Crippen LogP) is 6.18. The molecule has 0 radical (unpaired) electrons. The standard InChI is InChI=1S/C27H13F3N4O/c28-19-2-1-3-20(29)23(19)26-33-24-16-7-6-13(14-4-5-15(12-31)21(30)11-14)10-18(16)22-17(25(24)34-26)8-9-32-27(22)35/h1-11H,(H,32,35)(H,33,34). The van der Waals surface area contributed by atoms with Gasteiger partial charge in [0.2, 0.25) is 0 Å². The van der Waals surface area contributed by atoms with Gasteiger partial charge in [-0.25, -0.2) is 18.2 Å². The molecule has 35 heavy (non-hydrogen) atoms. The minimum Gasteiger partial charge on any atom is -0.337 e. The third-order valence-corrected chi connectivity index (χ3v) is 6.10. The quantitative estimate of drug-likeness (QED) is 0.299. The van der Waals surface area contributed by atoms with Crippen LogP contribution in [0.15, 0.2) is 71.7 Å². The molecular formula is C27H13F3N4O. The number of H-pyrrole nitrogens is 2. The summed E-state index contributed by atoms with van der Waals surface area (Å²) >= 11 is 0. The monoisotopic (exact) mass is 466 g/mol. The summed E-state index contributed by atoms with van der Waals surface area (Å²) in [6.07, 6.45) is 1.49. The number of nitrogens with zero attached hydrogens (tertiary/aromatic N) is 2. The Bertz CT molecular complexity index is 1910. The van der Waals surface area contributed by atoms with Gasteiger partial charge in [0.05, 0.1) is 27.5 Å². The van der Waals surface area contributed by atoms with Crippen molar-refractivity contribution in [3.63, 3.8) is 0 Å². The van der Waals surface area contributed by atoms with E-state index in [0.717, 1.165) is 12.1 Å². The number of nitrogens with one attached hydrogen (secondary N) is 2. The van der Waals surface area contributed by atoms with Crippen molar-refractivity contribution in [2.45, 2.75) is 0 Å². The Hall–Kier alpha value is -4.90. The third-order valence-electron chi connectivity index (χ3n) is 6.10. The first kappa shape index (κ1) is 20.7. The van der Waals surface area contributed by atoms with Crippen molar-refractivity contribution in [3.05, 3.63) is 100 Å². The number of pyridine rings is 1. The van der Waals surface area contributed by atoms with E-state index in [0.29, 0.717) is 43.7 Å². The molecule has 2 aromatic heterocycles. The molecule has 0 amide bonds. The van der Waals surface area contributed by atoms with Crippen LogP contribution in [0.25, 0.3) is 55.1 Å². The number of imidazole rings is 1. The van der Waals surface area contributed by atoms with Gasteiger partial charge in [-0.05, 0) is 52.9 Å². The minimum absolute atomic E-state index is 0.00271. The zero-order valence-corrected chi connectivity index (χ0v) is 17.8. The molecule has 6 rings (SSSR count). The molecule has 4 aromatic carbocycles. The Morgan fingerprint density at radius 1 is 0.829 bits per heavy atom. The van der Waals surface area contributed by atoms with Gasteiger partial charge in [-0.1, -0.05) is 24.3 Å². The molecule has 0 saturated heterocycles. The maximum Gasteiger partial charge on any atom is 0.256 e. The van der Waals surface area contributed by atoms with Crippen LogP contribution in [0.4, 0.5) is 13.2 Å². The molecule has 0 aliphatic carbocycles. The zero-order valence-electron chi connectivity index (χ0n) is 17.8. The van der Waals surface area contributed by atoms with Crippen molar-refractivity contribution >= 4 is 32.6 Å². The number of fused-ring (bicyclic) bond motifs is 6. The highest BCUT2D eigenvalue weighted by molar-refractivity contribution is 6.23. The number of halogens is 3. The maximum atomic E-state index is 14.5. The van der Waals surface area contributed by atoms with Crippen molar-refractivity contribution in [2.24, 2.45) is 0 Å². The van der Waals surface area contributed by atoms with Gasteiger partial charge in [-0.15, -0.1) is 0 Å². The highest BCUT2D eigenvalue weighted by atomic mass is 19.1. The molecule has 2 heterocycles. The Morgan fingerprint density at radius 3 is 2.31 bits per heavy atom. The molecule has 8 heteroatoms. The average molecular weight is 466 g/mol. The summed E-state index contributed by atoms with van der Waals surface area (Å²) in [6, 6.07) is 16.5. The van der Waals surface area contributed by atoms with Crippen molar-refractivity contribution < 1.29 is 13.2 Å². The lowest BCUT2D eigenvalue weighted by Gasteiger charge is -2.09. The largest absolute Gasteiger partial charge is 0.337 e. The van der Waals surface area contributed by atoms with Crippen LogP contribution >= 0.6 is 0 Å². The first-order chi connectivity index (χ1) is 17.0. The summed E-state index contributed by atoms with van der Waals surface area (Å²) in [6.45, 7) is 0. The number of hydrogen-bond acceptors (Lipinski definition) is 3. The molecule has 0 saturated carbocycles. The van der Waals surface area contributed by atoms with Crippen molar-refractivity contribution in [1.29, 1.82) is 5.26 Å². The Labute approximate surface area is 195 Å². The highest BCUT2D eigenvalue weighted by Gasteiger charge is 2.20. The van der Waals surface area contributed by atoms with Crippen molar-refractivity contribution in [3.8, 4) is 28.6 Å². The van der Waals surface area contributed by atoms with Gasteiger partial charge in [0.1, 0.15) is 29.3 Å². The van der Waals surface area contributed by atoms with E-state index in [9.17, 15) is 18.0 Å². The average Bonchev–Trinajstić information content (AvgIpc) is 3.29. The lowest BCUT2D eigenvalue weighted by Crippen LogP contribution is -2.05. The van der Waals surface area contributed by atoms with Crippen LogP contribution in [0.1, 0.15) is 5.56 Å². The first-order valence-electron chi connectivity index (χ1n) is 10.6. The SMILES string of the molecule is N#Cc1ccc(-c2ccc3c(c2)c2c(=O)[nH]ccc2c2[nH]c(-c4c(F)cccc4F)nc32)cc1F. The van der Waals surface area contributed by atoms with E-state index < -0.39 is 17.5 Å². The van der Waals surface area contributed by atoms with Gasteiger partial charge in [0, 0.05) is 17.0 Å². The summed E-state index contributed by atoms with van der Waals surface area (Å²) < 4.78 is 43.2. The van der Waals surface area contributed by atoms with Crippen molar-refractivity contribution in [2.75, 3.05) is 0 Å². The van der Waals surface area contributed by atoms with Gasteiger partial charge in [-0.3, -0.25) is 4.79 Å². The molecule has 2 N–H and O–H groups in total. The second-order valence-electron chi connectivity index (χ2n) is 8.07. The van der Waals surface area contributed by atoms with Crippen LogP contribution in [0.3, 0.4) is 0 Å². The number of benzene rings is 4. The van der Waals surface area contributed by atoms with E-state index in [1.165, 1.54) is 24.4 Å². The smallest absolute Gasteiger partial charge is 0.256 e. The summed E-state index contributed by atoms with van der Waals surface area (Å²) in [5.41, 5.74) is 1.34. The fourth-order valence-electron chi connectivity index (χ4n) is 4.48.